The highest BCUT2D eigenvalue weighted by atomic mass is 15.6. The topological polar surface area (TPSA) is 50.1 Å². The van der Waals surface area contributed by atoms with Gasteiger partial charge in [0.05, 0.1) is 11.7 Å². The normalized spacial score (nSPS) is 15.9. The third kappa shape index (κ3) is 5.71. The van der Waals surface area contributed by atoms with E-state index in [0.29, 0.717) is 0 Å². The Morgan fingerprint density at radius 2 is 1.54 bits per heavy atom. The van der Waals surface area contributed by atoms with Crippen molar-refractivity contribution in [1.29, 1.82) is 0 Å². The molecule has 4 aromatic rings. The van der Waals surface area contributed by atoms with Crippen LogP contribution in [0.2, 0.25) is 0 Å². The molecule has 0 aliphatic carbocycles. The summed E-state index contributed by atoms with van der Waals surface area (Å²) in [6, 6.07) is 25.8. The van der Waals surface area contributed by atoms with Crippen LogP contribution in [0.15, 0.2) is 78.9 Å². The minimum absolute atomic E-state index is 0.0121. The lowest BCUT2D eigenvalue weighted by molar-refractivity contribution is 0.113. The molecule has 1 aliphatic rings. The van der Waals surface area contributed by atoms with Crippen molar-refractivity contribution >= 4 is 6.08 Å². The molecule has 0 spiro atoms. The maximum absolute atomic E-state index is 4.61. The molecule has 1 fully saturated rings. The fourth-order valence-electron chi connectivity index (χ4n) is 5.23. The van der Waals surface area contributed by atoms with Crippen LogP contribution in [0, 0.1) is 13.8 Å². The van der Waals surface area contributed by atoms with Crippen LogP contribution >= 0.6 is 0 Å². The van der Waals surface area contributed by atoms with Gasteiger partial charge in [0.15, 0.2) is 5.82 Å². The molecule has 37 heavy (non-hydrogen) atoms. The van der Waals surface area contributed by atoms with E-state index >= 15 is 0 Å². The van der Waals surface area contributed by atoms with Crippen molar-refractivity contribution in [1.82, 2.24) is 30.0 Å². The van der Waals surface area contributed by atoms with Crippen LogP contribution in [-0.2, 0) is 6.42 Å². The molecule has 5 rings (SSSR count). The minimum Gasteiger partial charge on any atom is -0.297 e. The Labute approximate surface area is 220 Å². The Morgan fingerprint density at radius 1 is 0.838 bits per heavy atom. The van der Waals surface area contributed by atoms with E-state index in [-0.39, 0.29) is 6.04 Å². The molecule has 0 amide bonds. The predicted octanol–water partition coefficient (Wildman–Crippen LogP) is 5.26. The molecule has 0 N–H and O–H groups in total. The zero-order valence-electron chi connectivity index (χ0n) is 22.1. The van der Waals surface area contributed by atoms with Gasteiger partial charge in [0.25, 0.3) is 0 Å². The molecule has 0 saturated carbocycles. The first kappa shape index (κ1) is 25.1. The van der Waals surface area contributed by atoms with Gasteiger partial charge in [-0.05, 0) is 58.5 Å². The molecule has 1 aromatic heterocycles. The number of nitrogens with zero attached hydrogens (tertiary/aromatic N) is 6. The molecule has 0 bridgehead atoms. The average molecular weight is 493 g/mol. The van der Waals surface area contributed by atoms with Gasteiger partial charge in [0, 0.05) is 32.7 Å². The third-order valence-electron chi connectivity index (χ3n) is 7.34. The van der Waals surface area contributed by atoms with E-state index in [1.165, 1.54) is 27.8 Å². The summed E-state index contributed by atoms with van der Waals surface area (Å²) in [5, 5.41) is 13.2. The van der Waals surface area contributed by atoms with Crippen molar-refractivity contribution in [2.45, 2.75) is 33.2 Å². The maximum atomic E-state index is 4.61. The summed E-state index contributed by atoms with van der Waals surface area (Å²) in [5.41, 5.74) is 7.23. The molecule has 2 heterocycles. The van der Waals surface area contributed by atoms with Gasteiger partial charge in [0.1, 0.15) is 0 Å². The van der Waals surface area contributed by atoms with E-state index in [9.17, 15) is 0 Å². The predicted molar refractivity (Wildman–Crippen MR) is 150 cm³/mol. The van der Waals surface area contributed by atoms with E-state index in [0.717, 1.165) is 50.7 Å². The number of rotatable bonds is 8. The molecular formula is C31H36N6. The number of tetrazole rings is 1. The number of hydrogen-bond donors (Lipinski definition) is 0. The lowest BCUT2D eigenvalue weighted by Gasteiger charge is -2.38. The van der Waals surface area contributed by atoms with Crippen LogP contribution < -0.4 is 0 Å². The fraction of sp³-hybridized carbons (Fsp3) is 0.323. The van der Waals surface area contributed by atoms with Crippen molar-refractivity contribution in [2.75, 3.05) is 32.7 Å². The van der Waals surface area contributed by atoms with E-state index in [4.69, 9.17) is 0 Å². The highest BCUT2D eigenvalue weighted by Crippen LogP contribution is 2.31. The number of benzene rings is 3. The van der Waals surface area contributed by atoms with E-state index < -0.39 is 0 Å². The average Bonchev–Trinajstić information content (AvgIpc) is 3.39. The fourth-order valence-corrected chi connectivity index (χ4v) is 5.23. The van der Waals surface area contributed by atoms with Gasteiger partial charge in [-0.1, -0.05) is 91.9 Å². The van der Waals surface area contributed by atoms with Crippen LogP contribution in [-0.4, -0.2) is 62.7 Å². The molecule has 0 radical (unpaired) electrons. The van der Waals surface area contributed by atoms with Crippen molar-refractivity contribution < 1.29 is 0 Å². The van der Waals surface area contributed by atoms with Crippen LogP contribution in [0.4, 0.5) is 0 Å². The SMILES string of the molecule is CCc1ccc(C(c2nnnn2-c2c(C)cccc2C)N2CCN(C/C=C/c3ccccc3)CC2)cc1. The summed E-state index contributed by atoms with van der Waals surface area (Å²) in [4.78, 5) is 5.05. The highest BCUT2D eigenvalue weighted by molar-refractivity contribution is 5.49. The van der Waals surface area contributed by atoms with Crippen molar-refractivity contribution in [3.8, 4) is 5.69 Å². The Bertz CT molecular complexity index is 1300. The first-order valence-electron chi connectivity index (χ1n) is 13.3. The Morgan fingerprint density at radius 3 is 2.22 bits per heavy atom. The monoisotopic (exact) mass is 492 g/mol. The summed E-state index contributed by atoms with van der Waals surface area (Å²) in [5.74, 6) is 0.874. The standard InChI is InChI=1S/C31H36N6/c1-4-26-15-17-28(18-16-26)30(31-32-33-34-37(31)29-24(2)10-8-11-25(29)3)36-22-20-35(21-23-36)19-9-14-27-12-6-5-7-13-27/h5-18,30H,4,19-23H2,1-3H3/b14-9+. The Hall–Kier alpha value is -3.61. The number of piperazine rings is 1. The summed E-state index contributed by atoms with van der Waals surface area (Å²) in [6.07, 6.45) is 5.51. The number of aryl methyl sites for hydroxylation is 3. The third-order valence-corrected chi connectivity index (χ3v) is 7.34. The molecule has 1 saturated heterocycles. The number of para-hydroxylation sites is 1. The summed E-state index contributed by atoms with van der Waals surface area (Å²) < 4.78 is 1.96. The lowest BCUT2D eigenvalue weighted by Crippen LogP contribution is -2.48. The van der Waals surface area contributed by atoms with Crippen molar-refractivity contribution in [2.24, 2.45) is 0 Å². The van der Waals surface area contributed by atoms with Gasteiger partial charge in [-0.15, -0.1) is 5.10 Å². The molecular weight excluding hydrogens is 456 g/mol. The van der Waals surface area contributed by atoms with Gasteiger partial charge in [0.2, 0.25) is 0 Å². The van der Waals surface area contributed by atoms with Gasteiger partial charge >= 0.3 is 0 Å². The quantitative estimate of drug-likeness (QED) is 0.336. The smallest absolute Gasteiger partial charge is 0.178 e. The van der Waals surface area contributed by atoms with Crippen LogP contribution in [0.5, 0.6) is 0 Å². The molecule has 6 nitrogen and oxygen atoms in total. The molecule has 1 unspecified atom stereocenters. The minimum atomic E-state index is -0.0121. The number of hydrogen-bond acceptors (Lipinski definition) is 5. The molecule has 1 atom stereocenters. The molecule has 3 aromatic carbocycles. The second-order valence-electron chi connectivity index (χ2n) is 9.84. The van der Waals surface area contributed by atoms with Gasteiger partial charge < -0.3 is 0 Å². The molecule has 1 aliphatic heterocycles. The summed E-state index contributed by atoms with van der Waals surface area (Å²) >= 11 is 0. The van der Waals surface area contributed by atoms with Crippen molar-refractivity contribution in [3.05, 3.63) is 113 Å². The van der Waals surface area contributed by atoms with Gasteiger partial charge in [-0.2, -0.15) is 4.68 Å². The summed E-state index contributed by atoms with van der Waals surface area (Å²) in [7, 11) is 0. The van der Waals surface area contributed by atoms with Crippen LogP contribution in [0.25, 0.3) is 11.8 Å². The zero-order chi connectivity index (χ0) is 25.6. The summed E-state index contributed by atoms with van der Waals surface area (Å²) in [6.45, 7) is 11.3. The Balaban J connectivity index is 1.39. The Kier molecular flexibility index (Phi) is 7.87. The van der Waals surface area contributed by atoms with E-state index in [2.05, 4.69) is 131 Å². The second kappa shape index (κ2) is 11.6. The van der Waals surface area contributed by atoms with E-state index in [1.54, 1.807) is 0 Å². The van der Waals surface area contributed by atoms with Crippen LogP contribution in [0.3, 0.4) is 0 Å². The zero-order valence-corrected chi connectivity index (χ0v) is 22.1. The highest BCUT2D eigenvalue weighted by Gasteiger charge is 2.31. The number of aromatic nitrogens is 4. The van der Waals surface area contributed by atoms with E-state index in [1.807, 2.05) is 4.68 Å². The van der Waals surface area contributed by atoms with Gasteiger partial charge in [-0.3, -0.25) is 9.80 Å². The largest absolute Gasteiger partial charge is 0.297 e. The van der Waals surface area contributed by atoms with Gasteiger partial charge in [-0.25, -0.2) is 0 Å². The lowest BCUT2D eigenvalue weighted by atomic mass is 10.0. The first-order chi connectivity index (χ1) is 18.1. The maximum Gasteiger partial charge on any atom is 0.178 e. The van der Waals surface area contributed by atoms with Crippen molar-refractivity contribution in [3.63, 3.8) is 0 Å². The second-order valence-corrected chi connectivity index (χ2v) is 9.84. The first-order valence-corrected chi connectivity index (χ1v) is 13.3. The van der Waals surface area contributed by atoms with Crippen LogP contribution in [0.1, 0.15) is 46.6 Å². The molecule has 6 heteroatoms. The molecule has 190 valence electrons.